The normalized spacial score (nSPS) is 19.5. The molecule has 1 saturated heterocycles. The summed E-state index contributed by atoms with van der Waals surface area (Å²) in [5.41, 5.74) is 6.56. The fourth-order valence-electron chi connectivity index (χ4n) is 2.81. The van der Waals surface area contributed by atoms with Gasteiger partial charge in [0.05, 0.1) is 16.2 Å². The van der Waals surface area contributed by atoms with E-state index in [0.717, 1.165) is 56.3 Å². The van der Waals surface area contributed by atoms with Crippen molar-refractivity contribution in [1.29, 1.82) is 0 Å². The highest BCUT2D eigenvalue weighted by atomic mass is 32.1. The topological polar surface area (TPSA) is 62.5 Å². The van der Waals surface area contributed by atoms with Gasteiger partial charge >= 0.3 is 0 Å². The van der Waals surface area contributed by atoms with Crippen molar-refractivity contribution in [2.45, 2.75) is 45.7 Å². The molecular weight excluding hydrogens is 284 g/mol. The number of carbonyl (C=O) groups is 1. The Morgan fingerprint density at radius 2 is 2.10 bits per heavy atom. The van der Waals surface area contributed by atoms with Crippen molar-refractivity contribution < 1.29 is 4.79 Å². The number of aromatic nitrogens is 1. The van der Waals surface area contributed by atoms with E-state index in [2.05, 4.69) is 22.2 Å². The Labute approximate surface area is 131 Å². The van der Waals surface area contributed by atoms with Crippen LogP contribution in [0.1, 0.15) is 37.4 Å². The van der Waals surface area contributed by atoms with Gasteiger partial charge in [-0.25, -0.2) is 4.98 Å². The predicted molar refractivity (Wildman–Crippen MR) is 86.2 cm³/mol. The Hall–Kier alpha value is -0.980. The van der Waals surface area contributed by atoms with Gasteiger partial charge in [-0.1, -0.05) is 13.3 Å². The fraction of sp³-hybridized carbons (Fsp3) is 0.733. The number of aryl methyl sites for hydroxylation is 1. The third-order valence-corrected chi connectivity index (χ3v) is 4.79. The highest BCUT2D eigenvalue weighted by molar-refractivity contribution is 7.09. The maximum atomic E-state index is 12.4. The van der Waals surface area contributed by atoms with Crippen LogP contribution in [0.5, 0.6) is 0 Å². The number of amides is 1. The monoisotopic (exact) mass is 310 g/mol. The van der Waals surface area contributed by atoms with Crippen molar-refractivity contribution in [2.24, 2.45) is 5.73 Å². The molecule has 0 radical (unpaired) electrons. The molecule has 0 aliphatic carbocycles. The lowest BCUT2D eigenvalue weighted by atomic mass is 9.95. The van der Waals surface area contributed by atoms with Gasteiger partial charge in [0.2, 0.25) is 5.91 Å². The zero-order valence-electron chi connectivity index (χ0n) is 13.3. The molecule has 21 heavy (non-hydrogen) atoms. The molecular formula is C15H26N4OS. The Bertz CT molecular complexity index is 478. The molecule has 1 fully saturated rings. The fourth-order valence-corrected chi connectivity index (χ4v) is 3.41. The van der Waals surface area contributed by atoms with E-state index >= 15 is 0 Å². The summed E-state index contributed by atoms with van der Waals surface area (Å²) >= 11 is 1.69. The average Bonchev–Trinajstić information content (AvgIpc) is 2.84. The standard InChI is InChI=1S/C15H26N4OS/c1-4-5-15(3,16)14(20)19-8-6-18(7-9-19)10-13-11-21-12(2)17-13/h11H,4-10,16H2,1-3H3. The van der Waals surface area contributed by atoms with Crippen LogP contribution in [0.3, 0.4) is 0 Å². The molecule has 1 unspecified atom stereocenters. The van der Waals surface area contributed by atoms with Crippen LogP contribution in [0.25, 0.3) is 0 Å². The van der Waals surface area contributed by atoms with Crippen LogP contribution in [-0.4, -0.2) is 52.4 Å². The first-order valence-corrected chi connectivity index (χ1v) is 8.52. The molecule has 5 nitrogen and oxygen atoms in total. The second-order valence-electron chi connectivity index (χ2n) is 6.09. The maximum absolute atomic E-state index is 12.4. The minimum absolute atomic E-state index is 0.0912. The molecule has 0 bridgehead atoms. The number of carbonyl (C=O) groups excluding carboxylic acids is 1. The first kappa shape index (κ1) is 16.4. The first-order valence-electron chi connectivity index (χ1n) is 7.64. The van der Waals surface area contributed by atoms with Gasteiger partial charge in [0, 0.05) is 38.1 Å². The lowest BCUT2D eigenvalue weighted by Crippen LogP contribution is -2.58. The average molecular weight is 310 g/mol. The minimum atomic E-state index is -0.719. The van der Waals surface area contributed by atoms with Gasteiger partial charge < -0.3 is 10.6 Å². The van der Waals surface area contributed by atoms with Crippen molar-refractivity contribution in [2.75, 3.05) is 26.2 Å². The number of hydrogen-bond donors (Lipinski definition) is 1. The summed E-state index contributed by atoms with van der Waals surface area (Å²) < 4.78 is 0. The van der Waals surface area contributed by atoms with E-state index in [4.69, 9.17) is 5.73 Å². The van der Waals surface area contributed by atoms with Crippen LogP contribution < -0.4 is 5.73 Å². The molecule has 0 aromatic carbocycles. The van der Waals surface area contributed by atoms with E-state index < -0.39 is 5.54 Å². The second-order valence-corrected chi connectivity index (χ2v) is 7.16. The van der Waals surface area contributed by atoms with Gasteiger partial charge in [-0.2, -0.15) is 0 Å². The Kier molecular flexibility index (Phi) is 5.35. The summed E-state index contributed by atoms with van der Waals surface area (Å²) in [5.74, 6) is 0.0912. The Balaban J connectivity index is 1.84. The van der Waals surface area contributed by atoms with E-state index in [1.807, 2.05) is 18.7 Å². The minimum Gasteiger partial charge on any atom is -0.339 e. The molecule has 118 valence electrons. The molecule has 6 heteroatoms. The molecule has 2 rings (SSSR count). The van der Waals surface area contributed by atoms with E-state index in [1.54, 1.807) is 11.3 Å². The van der Waals surface area contributed by atoms with Crippen LogP contribution in [0, 0.1) is 6.92 Å². The lowest BCUT2D eigenvalue weighted by Gasteiger charge is -2.38. The molecule has 0 saturated carbocycles. The van der Waals surface area contributed by atoms with Gasteiger partial charge in [0.15, 0.2) is 0 Å². The highest BCUT2D eigenvalue weighted by Crippen LogP contribution is 2.16. The molecule has 2 N–H and O–H groups in total. The molecule has 1 aliphatic rings. The highest BCUT2D eigenvalue weighted by Gasteiger charge is 2.33. The number of hydrogen-bond acceptors (Lipinski definition) is 5. The number of nitrogens with zero attached hydrogens (tertiary/aromatic N) is 3. The number of nitrogens with two attached hydrogens (primary N) is 1. The Morgan fingerprint density at radius 1 is 1.43 bits per heavy atom. The van der Waals surface area contributed by atoms with Gasteiger partial charge in [0.25, 0.3) is 0 Å². The van der Waals surface area contributed by atoms with E-state index in [0.29, 0.717) is 0 Å². The third kappa shape index (κ3) is 4.25. The summed E-state index contributed by atoms with van der Waals surface area (Å²) in [6.07, 6.45) is 1.67. The zero-order chi connectivity index (χ0) is 15.5. The number of piperazine rings is 1. The van der Waals surface area contributed by atoms with Crippen LogP contribution >= 0.6 is 11.3 Å². The Morgan fingerprint density at radius 3 is 2.62 bits per heavy atom. The predicted octanol–water partition coefficient (Wildman–Crippen LogP) is 1.61. The van der Waals surface area contributed by atoms with Crippen molar-refractivity contribution >= 4 is 17.2 Å². The first-order chi connectivity index (χ1) is 9.92. The van der Waals surface area contributed by atoms with Crippen LogP contribution in [0.4, 0.5) is 0 Å². The van der Waals surface area contributed by atoms with Crippen molar-refractivity contribution in [1.82, 2.24) is 14.8 Å². The lowest BCUT2D eigenvalue weighted by molar-refractivity contribution is -0.138. The van der Waals surface area contributed by atoms with Crippen LogP contribution in [0.2, 0.25) is 0 Å². The van der Waals surface area contributed by atoms with Crippen LogP contribution in [0.15, 0.2) is 5.38 Å². The molecule has 1 aliphatic heterocycles. The van der Waals surface area contributed by atoms with E-state index in [-0.39, 0.29) is 5.91 Å². The van der Waals surface area contributed by atoms with Crippen LogP contribution in [-0.2, 0) is 11.3 Å². The third-order valence-electron chi connectivity index (χ3n) is 3.97. The van der Waals surface area contributed by atoms with Gasteiger partial charge in [-0.3, -0.25) is 9.69 Å². The largest absolute Gasteiger partial charge is 0.339 e. The maximum Gasteiger partial charge on any atom is 0.242 e. The van der Waals surface area contributed by atoms with Crippen molar-refractivity contribution in [3.8, 4) is 0 Å². The quantitative estimate of drug-likeness (QED) is 0.897. The van der Waals surface area contributed by atoms with Gasteiger partial charge in [-0.15, -0.1) is 11.3 Å². The molecule has 0 spiro atoms. The smallest absolute Gasteiger partial charge is 0.242 e. The van der Waals surface area contributed by atoms with Crippen molar-refractivity contribution in [3.05, 3.63) is 16.1 Å². The number of thiazole rings is 1. The molecule has 2 heterocycles. The van der Waals surface area contributed by atoms with E-state index in [1.165, 1.54) is 0 Å². The number of rotatable bonds is 5. The molecule has 1 aromatic heterocycles. The summed E-state index contributed by atoms with van der Waals surface area (Å²) in [4.78, 5) is 21.2. The summed E-state index contributed by atoms with van der Waals surface area (Å²) in [6.45, 7) is 10.1. The zero-order valence-corrected chi connectivity index (χ0v) is 14.1. The second kappa shape index (κ2) is 6.85. The SMILES string of the molecule is CCCC(C)(N)C(=O)N1CCN(Cc2csc(C)n2)CC1. The van der Waals surface area contributed by atoms with Gasteiger partial charge in [-0.05, 0) is 20.3 Å². The van der Waals surface area contributed by atoms with E-state index in [9.17, 15) is 4.79 Å². The van der Waals surface area contributed by atoms with Crippen molar-refractivity contribution in [3.63, 3.8) is 0 Å². The molecule has 1 aromatic rings. The summed E-state index contributed by atoms with van der Waals surface area (Å²) in [5, 5.41) is 3.22. The molecule has 1 atom stereocenters. The summed E-state index contributed by atoms with van der Waals surface area (Å²) in [7, 11) is 0. The van der Waals surface area contributed by atoms with Gasteiger partial charge in [0.1, 0.15) is 0 Å². The molecule has 1 amide bonds. The summed E-state index contributed by atoms with van der Waals surface area (Å²) in [6, 6.07) is 0.